The van der Waals surface area contributed by atoms with Crippen molar-refractivity contribution in [3.05, 3.63) is 0 Å². The first-order valence-electron chi connectivity index (χ1n) is 6.76. The van der Waals surface area contributed by atoms with Crippen molar-refractivity contribution in [1.82, 2.24) is 5.32 Å². The molecule has 0 bridgehead atoms. The number of hydrogen-bond donors (Lipinski definition) is 1. The van der Waals surface area contributed by atoms with Gasteiger partial charge in [-0.2, -0.15) is 11.8 Å². The van der Waals surface area contributed by atoms with Crippen molar-refractivity contribution < 1.29 is 9.53 Å². The standard InChI is InChI=1S/C13H23NO2S/c1-10-4-2-3-5-12(10)16-13(15)8-11-9-17-7-6-14-11/h10-12,14H,2-9H2,1H3. The molecule has 3 nitrogen and oxygen atoms in total. The quantitative estimate of drug-likeness (QED) is 0.787. The Morgan fingerprint density at radius 2 is 2.24 bits per heavy atom. The minimum absolute atomic E-state index is 0.0104. The van der Waals surface area contributed by atoms with Gasteiger partial charge in [0.15, 0.2) is 0 Å². The minimum atomic E-state index is -0.0104. The Kier molecular flexibility index (Phi) is 5.16. The van der Waals surface area contributed by atoms with Crippen molar-refractivity contribution in [1.29, 1.82) is 0 Å². The Hall–Kier alpha value is -0.220. The van der Waals surface area contributed by atoms with Crippen LogP contribution < -0.4 is 5.32 Å². The van der Waals surface area contributed by atoms with E-state index in [-0.39, 0.29) is 12.1 Å². The molecule has 1 aliphatic carbocycles. The summed E-state index contributed by atoms with van der Waals surface area (Å²) in [5.41, 5.74) is 0. The highest BCUT2D eigenvalue weighted by molar-refractivity contribution is 7.99. The van der Waals surface area contributed by atoms with Gasteiger partial charge < -0.3 is 10.1 Å². The molecule has 0 aromatic heterocycles. The Labute approximate surface area is 108 Å². The third-order valence-corrected chi connectivity index (χ3v) is 4.86. The summed E-state index contributed by atoms with van der Waals surface area (Å²) < 4.78 is 5.62. The van der Waals surface area contributed by atoms with E-state index in [1.165, 1.54) is 19.3 Å². The van der Waals surface area contributed by atoms with Gasteiger partial charge in [0.25, 0.3) is 0 Å². The van der Waals surface area contributed by atoms with Crippen molar-refractivity contribution in [2.24, 2.45) is 5.92 Å². The van der Waals surface area contributed by atoms with E-state index < -0.39 is 0 Å². The molecule has 1 saturated carbocycles. The summed E-state index contributed by atoms with van der Waals surface area (Å²) >= 11 is 1.92. The number of nitrogens with one attached hydrogen (secondary N) is 1. The summed E-state index contributed by atoms with van der Waals surface area (Å²) in [6.45, 7) is 3.22. The molecule has 0 aromatic carbocycles. The highest BCUT2D eigenvalue weighted by Gasteiger charge is 2.26. The second-order valence-corrected chi connectivity index (χ2v) is 6.37. The fourth-order valence-electron chi connectivity index (χ4n) is 2.63. The average molecular weight is 257 g/mol. The van der Waals surface area contributed by atoms with Crippen LogP contribution in [0.1, 0.15) is 39.0 Å². The predicted molar refractivity (Wildman–Crippen MR) is 71.2 cm³/mol. The van der Waals surface area contributed by atoms with Crippen molar-refractivity contribution in [2.75, 3.05) is 18.1 Å². The SMILES string of the molecule is CC1CCCCC1OC(=O)CC1CSCCN1. The molecule has 0 aromatic rings. The average Bonchev–Trinajstić information content (AvgIpc) is 2.33. The number of thioether (sulfide) groups is 1. The lowest BCUT2D eigenvalue weighted by atomic mass is 9.88. The van der Waals surface area contributed by atoms with Crippen molar-refractivity contribution in [3.63, 3.8) is 0 Å². The van der Waals surface area contributed by atoms with E-state index in [9.17, 15) is 4.79 Å². The van der Waals surface area contributed by atoms with Crippen molar-refractivity contribution in [3.8, 4) is 0 Å². The summed E-state index contributed by atoms with van der Waals surface area (Å²) in [6, 6.07) is 0.320. The molecule has 0 radical (unpaired) electrons. The summed E-state index contributed by atoms with van der Waals surface area (Å²) in [4.78, 5) is 11.9. The molecule has 1 saturated heterocycles. The predicted octanol–water partition coefficient (Wildman–Crippen LogP) is 2.20. The van der Waals surface area contributed by atoms with Gasteiger partial charge in [0, 0.05) is 24.1 Å². The normalized spacial score (nSPS) is 34.3. The maximum Gasteiger partial charge on any atom is 0.307 e. The lowest BCUT2D eigenvalue weighted by molar-refractivity contribution is -0.153. The van der Waals surface area contributed by atoms with Crippen LogP contribution in [-0.2, 0) is 9.53 Å². The zero-order chi connectivity index (χ0) is 12.1. The maximum atomic E-state index is 11.9. The third kappa shape index (κ3) is 4.18. The van der Waals surface area contributed by atoms with Gasteiger partial charge in [-0.15, -0.1) is 0 Å². The Balaban J connectivity index is 1.72. The molecule has 2 rings (SSSR count). The van der Waals surface area contributed by atoms with Crippen LogP contribution in [0.5, 0.6) is 0 Å². The monoisotopic (exact) mass is 257 g/mol. The van der Waals surface area contributed by atoms with Crippen LogP contribution in [0, 0.1) is 5.92 Å². The van der Waals surface area contributed by atoms with Gasteiger partial charge in [0.2, 0.25) is 0 Å². The molecule has 2 fully saturated rings. The van der Waals surface area contributed by atoms with Gasteiger partial charge in [0.05, 0.1) is 6.42 Å². The smallest absolute Gasteiger partial charge is 0.307 e. The lowest BCUT2D eigenvalue weighted by Crippen LogP contribution is -2.40. The molecule has 1 aliphatic heterocycles. The number of carbonyl (C=O) groups is 1. The van der Waals surface area contributed by atoms with E-state index >= 15 is 0 Å². The number of rotatable bonds is 3. The van der Waals surface area contributed by atoms with Crippen LogP contribution in [0.15, 0.2) is 0 Å². The molecule has 98 valence electrons. The summed E-state index contributed by atoms with van der Waals surface area (Å²) in [6.07, 6.45) is 5.47. The van der Waals surface area contributed by atoms with E-state index in [4.69, 9.17) is 4.74 Å². The van der Waals surface area contributed by atoms with Gasteiger partial charge in [-0.3, -0.25) is 4.79 Å². The highest BCUT2D eigenvalue weighted by Crippen LogP contribution is 2.26. The second-order valence-electron chi connectivity index (χ2n) is 5.22. The van der Waals surface area contributed by atoms with Crippen LogP contribution in [-0.4, -0.2) is 36.2 Å². The topological polar surface area (TPSA) is 38.3 Å². The molecule has 17 heavy (non-hydrogen) atoms. The molecule has 1 N–H and O–H groups in total. The van der Waals surface area contributed by atoms with Crippen LogP contribution >= 0.6 is 11.8 Å². The molecule has 0 amide bonds. The first kappa shape index (κ1) is 13.2. The van der Waals surface area contributed by atoms with Crippen LogP contribution in [0.2, 0.25) is 0 Å². The van der Waals surface area contributed by atoms with Gasteiger partial charge >= 0.3 is 5.97 Å². The van der Waals surface area contributed by atoms with E-state index in [0.29, 0.717) is 18.4 Å². The molecule has 4 heteroatoms. The van der Waals surface area contributed by atoms with Gasteiger partial charge in [-0.25, -0.2) is 0 Å². The van der Waals surface area contributed by atoms with E-state index in [1.807, 2.05) is 11.8 Å². The van der Waals surface area contributed by atoms with E-state index in [0.717, 1.165) is 24.5 Å². The molecule has 3 atom stereocenters. The number of esters is 1. The molecule has 1 heterocycles. The first-order valence-corrected chi connectivity index (χ1v) is 7.92. The summed E-state index contributed by atoms with van der Waals surface area (Å²) in [5, 5.41) is 3.38. The Morgan fingerprint density at radius 1 is 1.41 bits per heavy atom. The van der Waals surface area contributed by atoms with E-state index in [1.54, 1.807) is 0 Å². The van der Waals surface area contributed by atoms with Gasteiger partial charge in [-0.1, -0.05) is 13.3 Å². The molecule has 2 aliphatic rings. The fraction of sp³-hybridized carbons (Fsp3) is 0.923. The molecular formula is C13H23NO2S. The fourth-order valence-corrected chi connectivity index (χ4v) is 3.58. The van der Waals surface area contributed by atoms with Crippen LogP contribution in [0.4, 0.5) is 0 Å². The molecule has 0 spiro atoms. The summed E-state index contributed by atoms with van der Waals surface area (Å²) in [5.74, 6) is 2.73. The Bertz CT molecular complexity index is 254. The first-order chi connectivity index (χ1) is 8.25. The van der Waals surface area contributed by atoms with Crippen LogP contribution in [0.3, 0.4) is 0 Å². The lowest BCUT2D eigenvalue weighted by Gasteiger charge is -2.29. The summed E-state index contributed by atoms with van der Waals surface area (Å²) in [7, 11) is 0. The molecular weight excluding hydrogens is 234 g/mol. The molecule has 3 unspecified atom stereocenters. The maximum absolute atomic E-state index is 11.9. The van der Waals surface area contributed by atoms with Gasteiger partial charge in [-0.05, 0) is 25.2 Å². The largest absolute Gasteiger partial charge is 0.462 e. The van der Waals surface area contributed by atoms with Crippen LogP contribution in [0.25, 0.3) is 0 Å². The number of hydrogen-bond acceptors (Lipinski definition) is 4. The minimum Gasteiger partial charge on any atom is -0.462 e. The van der Waals surface area contributed by atoms with Crippen molar-refractivity contribution >= 4 is 17.7 Å². The third-order valence-electron chi connectivity index (χ3n) is 3.73. The number of carbonyl (C=O) groups excluding carboxylic acids is 1. The van der Waals surface area contributed by atoms with E-state index in [2.05, 4.69) is 12.2 Å². The zero-order valence-electron chi connectivity index (χ0n) is 10.6. The second kappa shape index (κ2) is 6.64. The zero-order valence-corrected chi connectivity index (χ0v) is 11.4. The van der Waals surface area contributed by atoms with Gasteiger partial charge in [0.1, 0.15) is 6.10 Å². The van der Waals surface area contributed by atoms with Crippen molar-refractivity contribution in [2.45, 2.75) is 51.2 Å². The Morgan fingerprint density at radius 3 is 2.94 bits per heavy atom. The highest BCUT2D eigenvalue weighted by atomic mass is 32.2. The number of ether oxygens (including phenoxy) is 1.